The predicted octanol–water partition coefficient (Wildman–Crippen LogP) is 4.24. The van der Waals surface area contributed by atoms with Crippen molar-refractivity contribution in [1.82, 2.24) is 0 Å². The molecule has 1 saturated heterocycles. The van der Waals surface area contributed by atoms with Crippen molar-refractivity contribution in [2.75, 3.05) is 0 Å². The zero-order valence-corrected chi connectivity index (χ0v) is 10.3. The van der Waals surface area contributed by atoms with Crippen LogP contribution in [-0.4, -0.2) is 12.2 Å². The Morgan fingerprint density at radius 1 is 0.933 bits per heavy atom. The van der Waals surface area contributed by atoms with Crippen LogP contribution in [0.5, 0.6) is 0 Å². The predicted molar refractivity (Wildman–Crippen MR) is 62.6 cm³/mol. The van der Waals surface area contributed by atoms with Gasteiger partial charge >= 0.3 is 0 Å². The minimum absolute atomic E-state index is 0.305. The van der Waals surface area contributed by atoms with Crippen LogP contribution in [0, 0.1) is 0 Å². The second-order valence-electron chi connectivity index (χ2n) is 4.77. The van der Waals surface area contributed by atoms with Crippen molar-refractivity contribution in [1.29, 1.82) is 0 Å². The highest BCUT2D eigenvalue weighted by molar-refractivity contribution is 4.65. The fraction of sp³-hybridized carbons (Fsp3) is 1.00. The molecule has 1 aliphatic heterocycles. The summed E-state index contributed by atoms with van der Waals surface area (Å²) in [4.78, 5) is 10.3. The van der Waals surface area contributed by atoms with Crippen LogP contribution in [0.15, 0.2) is 0 Å². The summed E-state index contributed by atoms with van der Waals surface area (Å²) < 4.78 is 0. The third kappa shape index (κ3) is 6.16. The van der Waals surface area contributed by atoms with Crippen molar-refractivity contribution in [3.8, 4) is 0 Å². The highest BCUT2D eigenvalue weighted by Crippen LogP contribution is 2.21. The smallest absolute Gasteiger partial charge is 0.0955 e. The summed E-state index contributed by atoms with van der Waals surface area (Å²) >= 11 is 0. The van der Waals surface area contributed by atoms with Crippen molar-refractivity contribution in [2.45, 2.75) is 83.8 Å². The van der Waals surface area contributed by atoms with E-state index in [0.29, 0.717) is 12.2 Å². The Hall–Kier alpha value is -0.0800. The second kappa shape index (κ2) is 8.12. The molecule has 1 rings (SSSR count). The standard InChI is InChI=1S/C13H26O2/c1-3-4-5-6-7-8-9-10-13-11-12(2)14-15-13/h12-13H,3-11H2,1-2H3. The first-order chi connectivity index (χ1) is 7.33. The third-order valence-electron chi connectivity index (χ3n) is 3.08. The van der Waals surface area contributed by atoms with Gasteiger partial charge in [0.15, 0.2) is 0 Å². The SMILES string of the molecule is CCCCCCCCCC1CC(C)OO1. The van der Waals surface area contributed by atoms with E-state index in [1.165, 1.54) is 51.4 Å². The maximum atomic E-state index is 5.21. The zero-order valence-electron chi connectivity index (χ0n) is 10.3. The van der Waals surface area contributed by atoms with Crippen LogP contribution in [0.1, 0.15) is 71.6 Å². The minimum atomic E-state index is 0.305. The van der Waals surface area contributed by atoms with Gasteiger partial charge in [0.05, 0.1) is 12.2 Å². The summed E-state index contributed by atoms with van der Waals surface area (Å²) in [6.07, 6.45) is 12.5. The lowest BCUT2D eigenvalue weighted by atomic mass is 10.0. The molecule has 15 heavy (non-hydrogen) atoms. The van der Waals surface area contributed by atoms with E-state index >= 15 is 0 Å². The van der Waals surface area contributed by atoms with Gasteiger partial charge in [-0.05, 0) is 13.3 Å². The summed E-state index contributed by atoms with van der Waals surface area (Å²) in [5.74, 6) is 0. The monoisotopic (exact) mass is 214 g/mol. The summed E-state index contributed by atoms with van der Waals surface area (Å²) in [6, 6.07) is 0. The summed E-state index contributed by atoms with van der Waals surface area (Å²) in [5, 5.41) is 0. The topological polar surface area (TPSA) is 18.5 Å². The van der Waals surface area contributed by atoms with Crippen LogP contribution in [0.2, 0.25) is 0 Å². The average molecular weight is 214 g/mol. The maximum absolute atomic E-state index is 5.21. The van der Waals surface area contributed by atoms with Crippen LogP contribution in [0.4, 0.5) is 0 Å². The van der Waals surface area contributed by atoms with Gasteiger partial charge in [-0.25, -0.2) is 9.78 Å². The molecular formula is C13H26O2. The molecule has 1 heterocycles. The molecule has 0 aromatic carbocycles. The molecule has 0 N–H and O–H groups in total. The van der Waals surface area contributed by atoms with E-state index in [1.54, 1.807) is 0 Å². The summed E-state index contributed by atoms with van der Waals surface area (Å²) in [7, 11) is 0. The molecule has 2 heteroatoms. The van der Waals surface area contributed by atoms with Gasteiger partial charge in [0.2, 0.25) is 0 Å². The van der Waals surface area contributed by atoms with E-state index in [-0.39, 0.29) is 0 Å². The second-order valence-corrected chi connectivity index (χ2v) is 4.77. The van der Waals surface area contributed by atoms with Crippen molar-refractivity contribution in [3.63, 3.8) is 0 Å². The van der Waals surface area contributed by atoms with Crippen LogP contribution in [0.25, 0.3) is 0 Å². The quantitative estimate of drug-likeness (QED) is 0.444. The Balaban J connectivity index is 1.81. The van der Waals surface area contributed by atoms with Crippen molar-refractivity contribution >= 4 is 0 Å². The van der Waals surface area contributed by atoms with Crippen LogP contribution >= 0.6 is 0 Å². The van der Waals surface area contributed by atoms with Crippen molar-refractivity contribution < 1.29 is 9.78 Å². The molecule has 0 radical (unpaired) electrons. The lowest BCUT2D eigenvalue weighted by molar-refractivity contribution is -0.294. The number of hydrogen-bond acceptors (Lipinski definition) is 2. The largest absolute Gasteiger partial charge is 0.233 e. The molecule has 0 spiro atoms. The van der Waals surface area contributed by atoms with Gasteiger partial charge in [0.25, 0.3) is 0 Å². The van der Waals surface area contributed by atoms with E-state index in [4.69, 9.17) is 9.78 Å². The number of rotatable bonds is 8. The summed E-state index contributed by atoms with van der Waals surface area (Å²) in [5.41, 5.74) is 0. The normalized spacial score (nSPS) is 26.0. The maximum Gasteiger partial charge on any atom is 0.0955 e. The third-order valence-corrected chi connectivity index (χ3v) is 3.08. The van der Waals surface area contributed by atoms with Gasteiger partial charge in [-0.1, -0.05) is 51.9 Å². The lowest BCUT2D eigenvalue weighted by Crippen LogP contribution is -2.04. The molecule has 0 aromatic rings. The van der Waals surface area contributed by atoms with E-state index in [2.05, 4.69) is 13.8 Å². The van der Waals surface area contributed by atoms with Gasteiger partial charge in [0, 0.05) is 6.42 Å². The Morgan fingerprint density at radius 2 is 1.60 bits per heavy atom. The molecule has 0 aliphatic carbocycles. The van der Waals surface area contributed by atoms with Gasteiger partial charge in [-0.3, -0.25) is 0 Å². The zero-order chi connectivity index (χ0) is 10.9. The van der Waals surface area contributed by atoms with Gasteiger partial charge in [0.1, 0.15) is 0 Å². The van der Waals surface area contributed by atoms with E-state index in [1.807, 2.05) is 0 Å². The van der Waals surface area contributed by atoms with E-state index < -0.39 is 0 Å². The fourth-order valence-corrected chi connectivity index (χ4v) is 2.12. The van der Waals surface area contributed by atoms with Crippen molar-refractivity contribution in [3.05, 3.63) is 0 Å². The molecule has 90 valence electrons. The Kier molecular flexibility index (Phi) is 7.03. The molecule has 0 aromatic heterocycles. The van der Waals surface area contributed by atoms with Gasteiger partial charge in [-0.2, -0.15) is 0 Å². The number of hydrogen-bond donors (Lipinski definition) is 0. The highest BCUT2D eigenvalue weighted by atomic mass is 17.2. The molecule has 2 nitrogen and oxygen atoms in total. The average Bonchev–Trinajstić information content (AvgIpc) is 2.63. The molecular weight excluding hydrogens is 188 g/mol. The molecule has 1 fully saturated rings. The van der Waals surface area contributed by atoms with Crippen molar-refractivity contribution in [2.24, 2.45) is 0 Å². The molecule has 0 amide bonds. The Morgan fingerprint density at radius 3 is 2.20 bits per heavy atom. The number of unbranched alkanes of at least 4 members (excludes halogenated alkanes) is 6. The molecule has 0 bridgehead atoms. The first-order valence-electron chi connectivity index (χ1n) is 6.65. The molecule has 1 aliphatic rings. The Labute approximate surface area is 94.3 Å². The lowest BCUT2D eigenvalue weighted by Gasteiger charge is -2.05. The highest BCUT2D eigenvalue weighted by Gasteiger charge is 2.22. The van der Waals surface area contributed by atoms with Crippen LogP contribution in [-0.2, 0) is 9.78 Å². The minimum Gasteiger partial charge on any atom is -0.233 e. The van der Waals surface area contributed by atoms with Gasteiger partial charge < -0.3 is 0 Å². The van der Waals surface area contributed by atoms with Crippen LogP contribution in [0.3, 0.4) is 0 Å². The molecule has 0 saturated carbocycles. The van der Waals surface area contributed by atoms with E-state index in [9.17, 15) is 0 Å². The van der Waals surface area contributed by atoms with Crippen LogP contribution < -0.4 is 0 Å². The van der Waals surface area contributed by atoms with Gasteiger partial charge in [-0.15, -0.1) is 0 Å². The Bertz CT molecular complexity index is 147. The summed E-state index contributed by atoms with van der Waals surface area (Å²) in [6.45, 7) is 4.34. The van der Waals surface area contributed by atoms with E-state index in [0.717, 1.165) is 6.42 Å². The molecule has 2 atom stereocenters. The first kappa shape index (κ1) is 13.0. The molecule has 2 unspecified atom stereocenters. The fourth-order valence-electron chi connectivity index (χ4n) is 2.12. The first-order valence-corrected chi connectivity index (χ1v) is 6.65.